The molecule has 0 unspecified atom stereocenters. The van der Waals surface area contributed by atoms with Crippen LogP contribution < -0.4 is 9.80 Å². The number of ether oxygens (including phenoxy) is 2. The third-order valence-electron chi connectivity index (χ3n) is 7.04. The molecule has 1 atom stereocenters. The number of anilines is 2. The molecule has 162 valence electrons. The van der Waals surface area contributed by atoms with Gasteiger partial charge in [0, 0.05) is 51.3 Å². The maximum atomic E-state index is 13.5. The van der Waals surface area contributed by atoms with Crippen LogP contribution in [0.4, 0.5) is 11.4 Å². The standard InChI is InChI=1S/C25H28N2O4/c1-16-8-7-11-19(17(16)2)26-12-13-27-20-10-6-5-9-18(20)14-25(21(27)15-26)22(28)30-24(3,4)31-23(25)29/h5-11,21H,12-15H2,1-4H3/t21-/m1/s1. The number of piperazine rings is 1. The normalized spacial score (nSPS) is 23.7. The fourth-order valence-corrected chi connectivity index (χ4v) is 5.30. The Morgan fingerprint density at radius 1 is 0.903 bits per heavy atom. The number of carbonyl (C=O) groups excluding carboxylic acids is 2. The Bertz CT molecular complexity index is 1060. The third-order valence-corrected chi connectivity index (χ3v) is 7.04. The van der Waals surface area contributed by atoms with Crippen LogP contribution in [0.25, 0.3) is 0 Å². The molecular weight excluding hydrogens is 392 g/mol. The molecule has 6 nitrogen and oxygen atoms in total. The van der Waals surface area contributed by atoms with Gasteiger partial charge in [0.2, 0.25) is 0 Å². The Balaban J connectivity index is 1.61. The van der Waals surface area contributed by atoms with Crippen LogP contribution in [-0.2, 0) is 25.5 Å². The summed E-state index contributed by atoms with van der Waals surface area (Å²) in [6, 6.07) is 13.9. The van der Waals surface area contributed by atoms with E-state index in [0.717, 1.165) is 23.5 Å². The molecule has 2 saturated heterocycles. The molecule has 31 heavy (non-hydrogen) atoms. The highest BCUT2D eigenvalue weighted by Crippen LogP contribution is 2.48. The van der Waals surface area contributed by atoms with Gasteiger partial charge in [0.1, 0.15) is 0 Å². The van der Waals surface area contributed by atoms with Gasteiger partial charge in [-0.25, -0.2) is 0 Å². The van der Waals surface area contributed by atoms with E-state index in [2.05, 4.69) is 47.9 Å². The number of cyclic esters (lactones) is 2. The molecule has 5 rings (SSSR count). The Labute approximate surface area is 182 Å². The first-order valence-corrected chi connectivity index (χ1v) is 10.9. The number of esters is 2. The van der Waals surface area contributed by atoms with Crippen LogP contribution in [0, 0.1) is 19.3 Å². The number of hydrogen-bond donors (Lipinski definition) is 0. The molecule has 2 aromatic rings. The third kappa shape index (κ3) is 2.92. The summed E-state index contributed by atoms with van der Waals surface area (Å²) < 4.78 is 11.3. The Hall–Kier alpha value is -3.02. The van der Waals surface area contributed by atoms with Gasteiger partial charge in [0.05, 0.1) is 6.04 Å². The molecule has 1 spiro atoms. The van der Waals surface area contributed by atoms with Gasteiger partial charge in [-0.15, -0.1) is 0 Å². The number of carbonyl (C=O) groups is 2. The zero-order chi connectivity index (χ0) is 22.0. The second-order valence-corrected chi connectivity index (χ2v) is 9.33. The summed E-state index contributed by atoms with van der Waals surface area (Å²) in [7, 11) is 0. The van der Waals surface area contributed by atoms with Crippen molar-refractivity contribution in [1.29, 1.82) is 0 Å². The monoisotopic (exact) mass is 420 g/mol. The first-order chi connectivity index (χ1) is 14.7. The SMILES string of the molecule is Cc1cccc(N2CCN3c4ccccc4CC4(C(=O)OC(C)(C)OC4=O)[C@H]3C2)c1C. The van der Waals surface area contributed by atoms with Crippen molar-refractivity contribution < 1.29 is 19.1 Å². The minimum absolute atomic E-state index is 0.290. The average Bonchev–Trinajstić information content (AvgIpc) is 2.73. The molecule has 0 saturated carbocycles. The molecule has 0 aromatic heterocycles. The number of fused-ring (bicyclic) bond motifs is 4. The van der Waals surface area contributed by atoms with Crippen molar-refractivity contribution in [3.8, 4) is 0 Å². The van der Waals surface area contributed by atoms with Gasteiger partial charge < -0.3 is 19.3 Å². The molecule has 0 bridgehead atoms. The summed E-state index contributed by atoms with van der Waals surface area (Å²) in [6.45, 7) is 9.49. The summed E-state index contributed by atoms with van der Waals surface area (Å²) in [5.74, 6) is -2.22. The first-order valence-electron chi connectivity index (χ1n) is 10.9. The van der Waals surface area contributed by atoms with Crippen molar-refractivity contribution in [2.45, 2.75) is 45.9 Å². The lowest BCUT2D eigenvalue weighted by Crippen LogP contribution is -2.71. The molecule has 2 aromatic carbocycles. The molecule has 3 aliphatic heterocycles. The topological polar surface area (TPSA) is 59.1 Å². The number of nitrogens with zero attached hydrogens (tertiary/aromatic N) is 2. The van der Waals surface area contributed by atoms with E-state index in [0.29, 0.717) is 19.5 Å². The summed E-state index contributed by atoms with van der Waals surface area (Å²) in [5.41, 5.74) is 4.28. The van der Waals surface area contributed by atoms with Gasteiger partial charge in [0.25, 0.3) is 5.79 Å². The molecule has 0 N–H and O–H groups in total. The lowest BCUT2D eigenvalue weighted by atomic mass is 9.69. The smallest absolute Gasteiger partial charge is 0.329 e. The number of benzene rings is 2. The molecule has 3 aliphatic rings. The second-order valence-electron chi connectivity index (χ2n) is 9.33. The predicted molar refractivity (Wildman–Crippen MR) is 118 cm³/mol. The summed E-state index contributed by atoms with van der Waals surface area (Å²) in [6.07, 6.45) is 0.290. The highest BCUT2D eigenvalue weighted by Gasteiger charge is 2.64. The van der Waals surface area contributed by atoms with Crippen LogP contribution in [0.2, 0.25) is 0 Å². The lowest BCUT2D eigenvalue weighted by Gasteiger charge is -2.55. The fraction of sp³-hybridized carbons (Fsp3) is 0.440. The van der Waals surface area contributed by atoms with Crippen molar-refractivity contribution in [2.75, 3.05) is 29.4 Å². The number of hydrogen-bond acceptors (Lipinski definition) is 6. The molecule has 3 heterocycles. The molecule has 6 heteroatoms. The van der Waals surface area contributed by atoms with Crippen LogP contribution in [0.3, 0.4) is 0 Å². The number of para-hydroxylation sites is 1. The van der Waals surface area contributed by atoms with Gasteiger partial charge in [-0.3, -0.25) is 9.59 Å². The minimum atomic E-state index is -1.37. The van der Waals surface area contributed by atoms with Crippen molar-refractivity contribution >= 4 is 23.3 Å². The van der Waals surface area contributed by atoms with Crippen molar-refractivity contribution in [2.24, 2.45) is 5.41 Å². The van der Waals surface area contributed by atoms with Crippen molar-refractivity contribution in [3.63, 3.8) is 0 Å². The summed E-state index contributed by atoms with van der Waals surface area (Å²) in [4.78, 5) is 31.4. The van der Waals surface area contributed by atoms with Crippen LogP contribution in [0.5, 0.6) is 0 Å². The molecule has 0 aliphatic carbocycles. The molecule has 2 fully saturated rings. The van der Waals surface area contributed by atoms with Gasteiger partial charge in [-0.2, -0.15) is 0 Å². The van der Waals surface area contributed by atoms with Crippen LogP contribution in [0.15, 0.2) is 42.5 Å². The van der Waals surface area contributed by atoms with E-state index in [4.69, 9.17) is 9.47 Å². The summed E-state index contributed by atoms with van der Waals surface area (Å²) in [5, 5.41) is 0. The number of rotatable bonds is 1. The van der Waals surface area contributed by atoms with Gasteiger partial charge >= 0.3 is 11.9 Å². The van der Waals surface area contributed by atoms with E-state index in [1.807, 2.05) is 18.2 Å². The highest BCUT2D eigenvalue weighted by molar-refractivity contribution is 6.04. The quantitative estimate of drug-likeness (QED) is 0.521. The number of aryl methyl sites for hydroxylation is 1. The Kier molecular flexibility index (Phi) is 4.33. The van der Waals surface area contributed by atoms with E-state index >= 15 is 0 Å². The van der Waals surface area contributed by atoms with E-state index in [1.54, 1.807) is 13.8 Å². The van der Waals surface area contributed by atoms with Crippen molar-refractivity contribution in [3.05, 3.63) is 59.2 Å². The largest absolute Gasteiger partial charge is 0.422 e. The van der Waals surface area contributed by atoms with Crippen molar-refractivity contribution in [1.82, 2.24) is 0 Å². The zero-order valence-electron chi connectivity index (χ0n) is 18.5. The second kappa shape index (κ2) is 6.74. The zero-order valence-corrected chi connectivity index (χ0v) is 18.5. The maximum absolute atomic E-state index is 13.5. The van der Waals surface area contributed by atoms with Crippen LogP contribution >= 0.6 is 0 Å². The highest BCUT2D eigenvalue weighted by atomic mass is 16.7. The van der Waals surface area contributed by atoms with Crippen LogP contribution in [-0.4, -0.2) is 43.4 Å². The van der Waals surface area contributed by atoms with Crippen LogP contribution in [0.1, 0.15) is 30.5 Å². The van der Waals surface area contributed by atoms with Gasteiger partial charge in [-0.05, 0) is 42.7 Å². The van der Waals surface area contributed by atoms with Gasteiger partial charge in [-0.1, -0.05) is 30.3 Å². The van der Waals surface area contributed by atoms with E-state index in [-0.39, 0.29) is 6.04 Å². The molecule has 0 amide bonds. The van der Waals surface area contributed by atoms with E-state index in [1.165, 1.54) is 11.1 Å². The first kappa shape index (κ1) is 19.9. The van der Waals surface area contributed by atoms with E-state index < -0.39 is 23.1 Å². The predicted octanol–water partition coefficient (Wildman–Crippen LogP) is 3.38. The van der Waals surface area contributed by atoms with Gasteiger partial charge in [0.15, 0.2) is 5.41 Å². The van der Waals surface area contributed by atoms with E-state index in [9.17, 15) is 9.59 Å². The molecular formula is C25H28N2O4. The Morgan fingerprint density at radius 2 is 1.58 bits per heavy atom. The average molecular weight is 421 g/mol. The fourth-order valence-electron chi connectivity index (χ4n) is 5.30. The molecule has 0 radical (unpaired) electrons. The minimum Gasteiger partial charge on any atom is -0.422 e. The lowest BCUT2D eigenvalue weighted by molar-refractivity contribution is -0.253. The maximum Gasteiger partial charge on any atom is 0.329 e. The summed E-state index contributed by atoms with van der Waals surface area (Å²) >= 11 is 0. The Morgan fingerprint density at radius 3 is 2.32 bits per heavy atom.